The molecule has 0 radical (unpaired) electrons. The molecular weight excluding hydrogens is 198 g/mol. The quantitative estimate of drug-likeness (QED) is 0.757. The van der Waals surface area contributed by atoms with Crippen LogP contribution in [0.15, 0.2) is 0 Å². The summed E-state index contributed by atoms with van der Waals surface area (Å²) in [6, 6.07) is 0.900. The van der Waals surface area contributed by atoms with Crippen LogP contribution in [0.3, 0.4) is 0 Å². The first-order valence-electron chi connectivity index (χ1n) is 6.95. The minimum absolute atomic E-state index is 0.270. The average molecular weight is 227 g/mol. The van der Waals surface area contributed by atoms with Crippen molar-refractivity contribution in [2.75, 3.05) is 6.61 Å². The molecular formula is C14H29NO. The number of hydrogen-bond donors (Lipinski definition) is 2. The lowest BCUT2D eigenvalue weighted by Crippen LogP contribution is -2.48. The average Bonchev–Trinajstić information content (AvgIpc) is 2.25. The number of rotatable bonds is 5. The van der Waals surface area contributed by atoms with E-state index < -0.39 is 0 Å². The first-order chi connectivity index (χ1) is 7.58. The van der Waals surface area contributed by atoms with Crippen molar-refractivity contribution in [1.29, 1.82) is 0 Å². The number of aliphatic hydroxyl groups excluding tert-OH is 1. The smallest absolute Gasteiger partial charge is 0.0584 e. The van der Waals surface area contributed by atoms with E-state index in [1.165, 1.54) is 19.3 Å². The van der Waals surface area contributed by atoms with Gasteiger partial charge in [0.25, 0.3) is 0 Å². The van der Waals surface area contributed by atoms with E-state index >= 15 is 0 Å². The minimum Gasteiger partial charge on any atom is -0.395 e. The predicted octanol–water partition coefficient (Wildman–Crippen LogP) is 2.81. The highest BCUT2D eigenvalue weighted by molar-refractivity contribution is 4.87. The predicted molar refractivity (Wildman–Crippen MR) is 69.4 cm³/mol. The lowest BCUT2D eigenvalue weighted by Gasteiger charge is -2.39. The highest BCUT2D eigenvalue weighted by Gasteiger charge is 2.31. The molecule has 16 heavy (non-hydrogen) atoms. The molecule has 0 aromatic carbocycles. The topological polar surface area (TPSA) is 32.3 Å². The molecule has 0 saturated heterocycles. The van der Waals surface area contributed by atoms with Gasteiger partial charge in [-0.2, -0.15) is 0 Å². The van der Waals surface area contributed by atoms with Gasteiger partial charge in [-0.1, -0.05) is 34.1 Å². The van der Waals surface area contributed by atoms with E-state index in [0.717, 1.165) is 24.2 Å². The van der Waals surface area contributed by atoms with Crippen molar-refractivity contribution in [1.82, 2.24) is 5.32 Å². The Morgan fingerprint density at radius 3 is 2.50 bits per heavy atom. The van der Waals surface area contributed by atoms with Gasteiger partial charge in [0.05, 0.1) is 6.61 Å². The molecule has 1 aliphatic carbocycles. The molecule has 0 heterocycles. The SMILES string of the molecule is CC[C@H](CO)NC1CC(C)CCC1C(C)C. The highest BCUT2D eigenvalue weighted by Crippen LogP contribution is 2.33. The van der Waals surface area contributed by atoms with Gasteiger partial charge in [0.15, 0.2) is 0 Å². The lowest BCUT2D eigenvalue weighted by molar-refractivity contribution is 0.138. The fourth-order valence-corrected chi connectivity index (χ4v) is 3.00. The van der Waals surface area contributed by atoms with Crippen LogP contribution in [0.5, 0.6) is 0 Å². The minimum atomic E-state index is 0.270. The molecule has 2 nitrogen and oxygen atoms in total. The van der Waals surface area contributed by atoms with Gasteiger partial charge in [0.1, 0.15) is 0 Å². The van der Waals surface area contributed by atoms with Crippen LogP contribution in [-0.2, 0) is 0 Å². The summed E-state index contributed by atoms with van der Waals surface area (Å²) >= 11 is 0. The molecule has 1 rings (SSSR count). The van der Waals surface area contributed by atoms with E-state index in [4.69, 9.17) is 0 Å². The van der Waals surface area contributed by atoms with E-state index in [-0.39, 0.29) is 12.6 Å². The summed E-state index contributed by atoms with van der Waals surface area (Å²) in [6.07, 6.45) is 5.01. The van der Waals surface area contributed by atoms with Crippen molar-refractivity contribution < 1.29 is 5.11 Å². The molecule has 0 aromatic heterocycles. The zero-order valence-corrected chi connectivity index (χ0v) is 11.4. The molecule has 96 valence electrons. The molecule has 0 bridgehead atoms. The lowest BCUT2D eigenvalue weighted by atomic mass is 9.74. The van der Waals surface area contributed by atoms with Gasteiger partial charge in [-0.25, -0.2) is 0 Å². The second-order valence-corrected chi connectivity index (χ2v) is 5.89. The summed E-state index contributed by atoms with van der Waals surface area (Å²) in [5.41, 5.74) is 0. The third-order valence-electron chi connectivity index (χ3n) is 4.19. The summed E-state index contributed by atoms with van der Waals surface area (Å²) in [5, 5.41) is 13.0. The fourth-order valence-electron chi connectivity index (χ4n) is 3.00. The first-order valence-corrected chi connectivity index (χ1v) is 6.95. The highest BCUT2D eigenvalue weighted by atomic mass is 16.3. The van der Waals surface area contributed by atoms with Crippen molar-refractivity contribution in [2.24, 2.45) is 17.8 Å². The molecule has 2 heteroatoms. The van der Waals surface area contributed by atoms with E-state index in [9.17, 15) is 5.11 Å². The summed E-state index contributed by atoms with van der Waals surface area (Å²) in [5.74, 6) is 2.38. The van der Waals surface area contributed by atoms with Gasteiger partial charge in [-0.3, -0.25) is 0 Å². The van der Waals surface area contributed by atoms with E-state index in [2.05, 4.69) is 33.0 Å². The molecule has 1 fully saturated rings. The standard InChI is InChI=1S/C14H29NO/c1-5-12(9-16)15-14-8-11(4)6-7-13(14)10(2)3/h10-16H,5-9H2,1-4H3/t11?,12-,13?,14?/m1/s1. The first kappa shape index (κ1) is 14.0. The van der Waals surface area contributed by atoms with Crippen LogP contribution in [0.25, 0.3) is 0 Å². The Kier molecular flexibility index (Phi) is 5.77. The van der Waals surface area contributed by atoms with Crippen molar-refractivity contribution in [3.05, 3.63) is 0 Å². The van der Waals surface area contributed by atoms with Gasteiger partial charge < -0.3 is 10.4 Å². The third-order valence-corrected chi connectivity index (χ3v) is 4.19. The van der Waals surface area contributed by atoms with E-state index in [1.54, 1.807) is 0 Å². The number of hydrogen-bond acceptors (Lipinski definition) is 2. The maximum atomic E-state index is 9.28. The Morgan fingerprint density at radius 1 is 1.31 bits per heavy atom. The van der Waals surface area contributed by atoms with Gasteiger partial charge >= 0.3 is 0 Å². The van der Waals surface area contributed by atoms with Crippen molar-refractivity contribution in [3.63, 3.8) is 0 Å². The number of nitrogens with one attached hydrogen (secondary N) is 1. The normalized spacial score (nSPS) is 33.0. The Morgan fingerprint density at radius 2 is 2.00 bits per heavy atom. The summed E-state index contributed by atoms with van der Waals surface area (Å²) in [4.78, 5) is 0. The zero-order chi connectivity index (χ0) is 12.1. The molecule has 1 aliphatic rings. The van der Waals surface area contributed by atoms with Crippen molar-refractivity contribution >= 4 is 0 Å². The second kappa shape index (κ2) is 6.61. The molecule has 3 unspecified atom stereocenters. The van der Waals surface area contributed by atoms with Crippen molar-refractivity contribution in [3.8, 4) is 0 Å². The molecule has 2 N–H and O–H groups in total. The molecule has 0 amide bonds. The van der Waals surface area contributed by atoms with Crippen LogP contribution in [-0.4, -0.2) is 23.8 Å². The van der Waals surface area contributed by atoms with E-state index in [0.29, 0.717) is 6.04 Å². The Balaban J connectivity index is 2.56. The van der Waals surface area contributed by atoms with Crippen LogP contribution in [0.1, 0.15) is 53.4 Å². The molecule has 1 saturated carbocycles. The van der Waals surface area contributed by atoms with Crippen LogP contribution in [0, 0.1) is 17.8 Å². The summed E-state index contributed by atoms with van der Waals surface area (Å²) < 4.78 is 0. The number of aliphatic hydroxyl groups is 1. The summed E-state index contributed by atoms with van der Waals surface area (Å²) in [6.45, 7) is 9.42. The Bertz CT molecular complexity index is 189. The van der Waals surface area contributed by atoms with Gasteiger partial charge in [-0.15, -0.1) is 0 Å². The maximum Gasteiger partial charge on any atom is 0.0584 e. The van der Waals surface area contributed by atoms with Crippen LogP contribution in [0.2, 0.25) is 0 Å². The van der Waals surface area contributed by atoms with Crippen LogP contribution < -0.4 is 5.32 Å². The van der Waals surface area contributed by atoms with Gasteiger partial charge in [-0.05, 0) is 37.0 Å². The molecule has 4 atom stereocenters. The zero-order valence-electron chi connectivity index (χ0n) is 11.4. The maximum absolute atomic E-state index is 9.28. The molecule has 0 aliphatic heterocycles. The Hall–Kier alpha value is -0.0800. The van der Waals surface area contributed by atoms with Crippen LogP contribution in [0.4, 0.5) is 0 Å². The van der Waals surface area contributed by atoms with Crippen LogP contribution >= 0.6 is 0 Å². The van der Waals surface area contributed by atoms with Gasteiger partial charge in [0, 0.05) is 12.1 Å². The third kappa shape index (κ3) is 3.74. The monoisotopic (exact) mass is 227 g/mol. The largest absolute Gasteiger partial charge is 0.395 e. The summed E-state index contributed by atoms with van der Waals surface area (Å²) in [7, 11) is 0. The molecule has 0 aromatic rings. The van der Waals surface area contributed by atoms with Gasteiger partial charge in [0.2, 0.25) is 0 Å². The fraction of sp³-hybridized carbons (Fsp3) is 1.00. The Labute approximate surface area is 101 Å². The van der Waals surface area contributed by atoms with Crippen molar-refractivity contribution in [2.45, 2.75) is 65.5 Å². The second-order valence-electron chi connectivity index (χ2n) is 5.89. The van der Waals surface area contributed by atoms with E-state index in [1.807, 2.05) is 0 Å². The molecule has 0 spiro atoms.